The molecule has 1 fully saturated rings. The first kappa shape index (κ1) is 21.9. The number of carbonyl (C=O) groups excluding carboxylic acids is 1. The summed E-state index contributed by atoms with van der Waals surface area (Å²) in [4.78, 5) is 18.3. The number of aryl methyl sites for hydroxylation is 1. The smallest absolute Gasteiger partial charge is 0.220 e. The van der Waals surface area contributed by atoms with Crippen LogP contribution in [-0.4, -0.2) is 64.7 Å². The number of methoxy groups -OCH3 is 2. The number of nitrogens with one attached hydrogen (secondary N) is 2. The van der Waals surface area contributed by atoms with Crippen LogP contribution in [-0.2, 0) is 11.2 Å². The number of aliphatic imine (C=N–C) groups is 1. The fourth-order valence-corrected chi connectivity index (χ4v) is 3.57. The van der Waals surface area contributed by atoms with Crippen LogP contribution in [0.1, 0.15) is 31.2 Å². The summed E-state index contributed by atoms with van der Waals surface area (Å²) in [5.41, 5.74) is 1.23. The van der Waals surface area contributed by atoms with Crippen LogP contribution in [0.15, 0.2) is 23.2 Å². The molecule has 2 rings (SSSR count). The van der Waals surface area contributed by atoms with E-state index in [0.29, 0.717) is 12.3 Å². The molecule has 1 heterocycles. The van der Waals surface area contributed by atoms with Crippen LogP contribution in [0, 0.1) is 5.92 Å². The number of guanidine groups is 1. The molecular formula is C21H34N4O3. The maximum atomic E-state index is 11.5. The summed E-state index contributed by atoms with van der Waals surface area (Å²) in [5.74, 6) is 3.08. The van der Waals surface area contributed by atoms with Crippen molar-refractivity contribution in [1.29, 1.82) is 0 Å². The van der Waals surface area contributed by atoms with Crippen molar-refractivity contribution in [2.24, 2.45) is 10.9 Å². The number of benzene rings is 1. The normalized spacial score (nSPS) is 15.3. The Morgan fingerprint density at radius 1 is 1.21 bits per heavy atom. The molecule has 0 spiro atoms. The molecule has 1 saturated heterocycles. The molecule has 0 atom stereocenters. The van der Waals surface area contributed by atoms with Gasteiger partial charge in [-0.15, -0.1) is 0 Å². The molecule has 2 N–H and O–H groups in total. The molecule has 0 aliphatic carbocycles. The Balaban J connectivity index is 1.74. The van der Waals surface area contributed by atoms with Crippen LogP contribution in [0.4, 0.5) is 0 Å². The predicted octanol–water partition coefficient (Wildman–Crippen LogP) is 2.06. The predicted molar refractivity (Wildman–Crippen MR) is 112 cm³/mol. The summed E-state index contributed by atoms with van der Waals surface area (Å²) in [6, 6.07) is 6.06. The lowest BCUT2D eigenvalue weighted by molar-refractivity contribution is -0.121. The van der Waals surface area contributed by atoms with E-state index in [9.17, 15) is 4.79 Å². The number of nitrogens with zero attached hydrogens (tertiary/aromatic N) is 2. The molecule has 0 aromatic heterocycles. The highest BCUT2D eigenvalue weighted by molar-refractivity contribution is 5.80. The van der Waals surface area contributed by atoms with Gasteiger partial charge < -0.3 is 25.0 Å². The van der Waals surface area contributed by atoms with E-state index in [-0.39, 0.29) is 5.91 Å². The van der Waals surface area contributed by atoms with E-state index < -0.39 is 0 Å². The fourth-order valence-electron chi connectivity index (χ4n) is 3.57. The topological polar surface area (TPSA) is 75.2 Å². The minimum atomic E-state index is 0.135. The zero-order valence-corrected chi connectivity index (χ0v) is 17.6. The van der Waals surface area contributed by atoms with Gasteiger partial charge in [0.15, 0.2) is 17.5 Å². The first-order chi connectivity index (χ1) is 13.6. The van der Waals surface area contributed by atoms with Gasteiger partial charge in [0.05, 0.1) is 14.2 Å². The van der Waals surface area contributed by atoms with Crippen molar-refractivity contribution >= 4 is 11.9 Å². The molecule has 1 aliphatic heterocycles. The number of hydrogen-bond donors (Lipinski definition) is 2. The number of hydrogen-bond acceptors (Lipinski definition) is 4. The maximum absolute atomic E-state index is 11.5. The molecule has 156 valence electrons. The Morgan fingerprint density at radius 3 is 2.54 bits per heavy atom. The number of likely N-dealkylation sites (tertiary alicyclic amines) is 1. The lowest BCUT2D eigenvalue weighted by Crippen LogP contribution is -2.46. The van der Waals surface area contributed by atoms with Gasteiger partial charge in [-0.2, -0.15) is 0 Å². The molecule has 28 heavy (non-hydrogen) atoms. The average Bonchev–Trinajstić information content (AvgIpc) is 2.74. The molecule has 0 radical (unpaired) electrons. The van der Waals surface area contributed by atoms with Gasteiger partial charge in [0.2, 0.25) is 5.91 Å². The van der Waals surface area contributed by atoms with E-state index in [2.05, 4.69) is 26.6 Å². The minimum Gasteiger partial charge on any atom is -0.493 e. The Hall–Kier alpha value is -2.44. The monoisotopic (exact) mass is 390 g/mol. The lowest BCUT2D eigenvalue weighted by Gasteiger charge is -2.34. The van der Waals surface area contributed by atoms with Gasteiger partial charge in [0.1, 0.15) is 0 Å². The number of piperidine rings is 1. The third kappa shape index (κ3) is 6.32. The van der Waals surface area contributed by atoms with E-state index in [1.54, 1.807) is 21.3 Å². The van der Waals surface area contributed by atoms with Gasteiger partial charge in [0, 0.05) is 40.2 Å². The van der Waals surface area contributed by atoms with E-state index in [0.717, 1.165) is 62.8 Å². The van der Waals surface area contributed by atoms with Crippen LogP contribution in [0.3, 0.4) is 0 Å². The van der Waals surface area contributed by atoms with Crippen molar-refractivity contribution in [3.63, 3.8) is 0 Å². The van der Waals surface area contributed by atoms with Crippen LogP contribution in [0.5, 0.6) is 11.5 Å². The molecule has 1 aromatic rings. The third-order valence-corrected chi connectivity index (χ3v) is 5.25. The highest BCUT2D eigenvalue weighted by atomic mass is 16.5. The van der Waals surface area contributed by atoms with E-state index >= 15 is 0 Å². The summed E-state index contributed by atoms with van der Waals surface area (Å²) in [7, 11) is 6.83. The molecule has 0 saturated carbocycles. The van der Waals surface area contributed by atoms with E-state index in [1.807, 2.05) is 19.2 Å². The van der Waals surface area contributed by atoms with Crippen LogP contribution in [0.2, 0.25) is 0 Å². The van der Waals surface area contributed by atoms with Crippen molar-refractivity contribution in [1.82, 2.24) is 15.5 Å². The first-order valence-electron chi connectivity index (χ1n) is 9.98. The van der Waals surface area contributed by atoms with E-state index in [4.69, 9.17) is 9.47 Å². The summed E-state index contributed by atoms with van der Waals surface area (Å²) in [6.45, 7) is 2.74. The summed E-state index contributed by atoms with van der Waals surface area (Å²) in [6.07, 6.45) is 4.64. The third-order valence-electron chi connectivity index (χ3n) is 5.25. The zero-order chi connectivity index (χ0) is 20.4. The summed E-state index contributed by atoms with van der Waals surface area (Å²) in [5, 5.41) is 6.18. The van der Waals surface area contributed by atoms with Gasteiger partial charge >= 0.3 is 0 Å². The molecule has 1 amide bonds. The van der Waals surface area contributed by atoms with Crippen molar-refractivity contribution in [2.75, 3.05) is 47.9 Å². The second kappa shape index (κ2) is 11.4. The number of ether oxygens (including phenoxy) is 2. The zero-order valence-electron chi connectivity index (χ0n) is 17.6. The Labute approximate surface area is 168 Å². The molecular weight excluding hydrogens is 356 g/mol. The van der Waals surface area contributed by atoms with Crippen LogP contribution < -0.4 is 20.1 Å². The molecule has 0 unspecified atom stereocenters. The van der Waals surface area contributed by atoms with Crippen molar-refractivity contribution in [3.8, 4) is 11.5 Å². The fraction of sp³-hybridized carbons (Fsp3) is 0.619. The number of rotatable bonds is 8. The highest BCUT2D eigenvalue weighted by Crippen LogP contribution is 2.28. The van der Waals surface area contributed by atoms with Crippen LogP contribution in [0.25, 0.3) is 0 Å². The average molecular weight is 391 g/mol. The Morgan fingerprint density at radius 2 is 1.93 bits per heavy atom. The van der Waals surface area contributed by atoms with Gasteiger partial charge in [0.25, 0.3) is 0 Å². The quantitative estimate of drug-likeness (QED) is 0.404. The first-order valence-corrected chi connectivity index (χ1v) is 9.98. The molecule has 7 heteroatoms. The van der Waals surface area contributed by atoms with Gasteiger partial charge in [-0.05, 0) is 49.3 Å². The van der Waals surface area contributed by atoms with E-state index in [1.165, 1.54) is 5.56 Å². The SMILES string of the molecule is CN=C(NCCCc1ccc(OC)c(OC)c1)N1CCC(CC(=O)NC)CC1. The van der Waals surface area contributed by atoms with Crippen LogP contribution >= 0.6 is 0 Å². The van der Waals surface area contributed by atoms with Gasteiger partial charge in [-0.1, -0.05) is 6.07 Å². The second-order valence-electron chi connectivity index (χ2n) is 7.07. The summed E-state index contributed by atoms with van der Waals surface area (Å²) < 4.78 is 10.7. The minimum absolute atomic E-state index is 0.135. The van der Waals surface area contributed by atoms with Crippen molar-refractivity contribution in [2.45, 2.75) is 32.1 Å². The van der Waals surface area contributed by atoms with Crippen molar-refractivity contribution in [3.05, 3.63) is 23.8 Å². The number of carbonyl (C=O) groups is 1. The molecule has 1 aromatic carbocycles. The largest absolute Gasteiger partial charge is 0.493 e. The Bertz CT molecular complexity index is 655. The van der Waals surface area contributed by atoms with Gasteiger partial charge in [-0.25, -0.2) is 0 Å². The number of amides is 1. The molecule has 0 bridgehead atoms. The summed E-state index contributed by atoms with van der Waals surface area (Å²) >= 11 is 0. The second-order valence-corrected chi connectivity index (χ2v) is 7.07. The Kier molecular flexibility index (Phi) is 8.91. The van der Waals surface area contributed by atoms with Crippen molar-refractivity contribution < 1.29 is 14.3 Å². The maximum Gasteiger partial charge on any atom is 0.220 e. The lowest BCUT2D eigenvalue weighted by atomic mass is 9.93. The van der Waals surface area contributed by atoms with Gasteiger partial charge in [-0.3, -0.25) is 9.79 Å². The standard InChI is InChI=1S/C21H34N4O3/c1-22-20(26)15-17-9-12-25(13-10-17)21(23-2)24-11-5-6-16-7-8-18(27-3)19(14-16)28-4/h7-8,14,17H,5-6,9-13,15H2,1-4H3,(H,22,26)(H,23,24). The molecule has 7 nitrogen and oxygen atoms in total. The highest BCUT2D eigenvalue weighted by Gasteiger charge is 2.22. The molecule has 1 aliphatic rings.